The van der Waals surface area contributed by atoms with Crippen molar-refractivity contribution >= 4 is 22.7 Å². The number of nitriles is 1. The van der Waals surface area contributed by atoms with Crippen molar-refractivity contribution in [2.75, 3.05) is 11.9 Å². The Balaban J connectivity index is 1.65. The minimum Gasteiger partial charge on any atom is -0.386 e. The Morgan fingerprint density at radius 2 is 2.11 bits per heavy atom. The van der Waals surface area contributed by atoms with Crippen LogP contribution >= 0.6 is 0 Å². The first-order valence-electron chi connectivity index (χ1n) is 11.8. The number of nitrogens with one attached hydrogen (secondary N) is 2. The zero-order valence-corrected chi connectivity index (χ0v) is 20.2. The summed E-state index contributed by atoms with van der Waals surface area (Å²) in [5.41, 5.74) is 3.74. The highest BCUT2D eigenvalue weighted by Crippen LogP contribution is 2.28. The second-order valence-corrected chi connectivity index (χ2v) is 9.35. The van der Waals surface area contributed by atoms with Crippen molar-refractivity contribution in [3.63, 3.8) is 0 Å². The molecule has 2 aromatic heterocycles. The van der Waals surface area contributed by atoms with Crippen LogP contribution in [0.3, 0.4) is 0 Å². The molecule has 0 radical (unpaired) electrons. The fourth-order valence-electron chi connectivity index (χ4n) is 4.59. The van der Waals surface area contributed by atoms with Gasteiger partial charge in [-0.25, -0.2) is 14.3 Å². The Labute approximate surface area is 208 Å². The van der Waals surface area contributed by atoms with Gasteiger partial charge in [0, 0.05) is 24.0 Å². The molecule has 0 atom stereocenters. The summed E-state index contributed by atoms with van der Waals surface area (Å²) >= 11 is 0. The van der Waals surface area contributed by atoms with E-state index in [0.717, 1.165) is 25.2 Å². The number of aliphatic hydroxyl groups is 1. The van der Waals surface area contributed by atoms with E-state index in [1.54, 1.807) is 42.8 Å². The van der Waals surface area contributed by atoms with Crippen LogP contribution in [-0.2, 0) is 25.1 Å². The number of rotatable bonds is 6. The summed E-state index contributed by atoms with van der Waals surface area (Å²) in [5, 5.41) is 27.2. The Kier molecular flexibility index (Phi) is 5.92. The van der Waals surface area contributed by atoms with Gasteiger partial charge in [0.2, 0.25) is 5.95 Å². The number of aromatic nitrogens is 4. The molecule has 0 bridgehead atoms. The molecule has 0 saturated heterocycles. The van der Waals surface area contributed by atoms with E-state index in [4.69, 9.17) is 4.98 Å². The van der Waals surface area contributed by atoms with E-state index in [1.807, 2.05) is 6.07 Å². The third-order valence-electron chi connectivity index (χ3n) is 6.35. The van der Waals surface area contributed by atoms with Crippen LogP contribution < -0.4 is 16.2 Å². The molecule has 2 aromatic carbocycles. The quantitative estimate of drug-likeness (QED) is 0.362. The molecule has 1 aliphatic heterocycles. The van der Waals surface area contributed by atoms with E-state index < -0.39 is 5.60 Å². The van der Waals surface area contributed by atoms with Gasteiger partial charge in [-0.05, 0) is 68.3 Å². The summed E-state index contributed by atoms with van der Waals surface area (Å²) in [6, 6.07) is 13.4. The Morgan fingerprint density at radius 3 is 2.86 bits per heavy atom. The van der Waals surface area contributed by atoms with Gasteiger partial charge in [-0.15, -0.1) is 6.58 Å². The zero-order valence-electron chi connectivity index (χ0n) is 20.2. The zero-order chi connectivity index (χ0) is 25.4. The van der Waals surface area contributed by atoms with Gasteiger partial charge in [-0.1, -0.05) is 12.1 Å². The second-order valence-electron chi connectivity index (χ2n) is 9.35. The number of anilines is 2. The van der Waals surface area contributed by atoms with Crippen molar-refractivity contribution in [3.05, 3.63) is 87.9 Å². The molecule has 36 heavy (non-hydrogen) atoms. The molecule has 0 fully saturated rings. The molecule has 0 saturated carbocycles. The van der Waals surface area contributed by atoms with Gasteiger partial charge < -0.3 is 15.7 Å². The first-order valence-corrected chi connectivity index (χ1v) is 11.8. The maximum atomic E-state index is 13.2. The maximum absolute atomic E-state index is 13.2. The van der Waals surface area contributed by atoms with E-state index in [-0.39, 0.29) is 12.1 Å². The summed E-state index contributed by atoms with van der Waals surface area (Å²) < 4.78 is 3.19. The number of hydrogen-bond donors (Lipinski definition) is 3. The Hall–Kier alpha value is -4.26. The van der Waals surface area contributed by atoms with E-state index in [9.17, 15) is 15.2 Å². The van der Waals surface area contributed by atoms with Crippen molar-refractivity contribution in [1.29, 1.82) is 5.26 Å². The van der Waals surface area contributed by atoms with E-state index in [0.29, 0.717) is 33.8 Å². The van der Waals surface area contributed by atoms with Gasteiger partial charge in [0.15, 0.2) is 5.65 Å². The molecule has 9 nitrogen and oxygen atoms in total. The lowest BCUT2D eigenvalue weighted by atomic mass is 9.93. The van der Waals surface area contributed by atoms with Gasteiger partial charge in [0.1, 0.15) is 5.39 Å². The van der Waals surface area contributed by atoms with Crippen molar-refractivity contribution in [2.45, 2.75) is 39.0 Å². The highest BCUT2D eigenvalue weighted by Gasteiger charge is 2.23. The van der Waals surface area contributed by atoms with Gasteiger partial charge >= 0.3 is 0 Å². The summed E-state index contributed by atoms with van der Waals surface area (Å²) in [4.78, 5) is 22.3. The minimum atomic E-state index is -1.25. The van der Waals surface area contributed by atoms with E-state index in [1.165, 1.54) is 22.0 Å². The fraction of sp³-hybridized carbons (Fsp3) is 0.259. The van der Waals surface area contributed by atoms with Crippen molar-refractivity contribution in [3.8, 4) is 11.8 Å². The van der Waals surface area contributed by atoms with Gasteiger partial charge in [-0.2, -0.15) is 10.2 Å². The molecule has 4 aromatic rings. The highest BCUT2D eigenvalue weighted by atomic mass is 16.3. The SMILES string of the molecule is C=CCn1c(=O)c2cnc(Nc3ccc4c(c3)CCNC4)nc2n1-c1ccc(C#N)c(C(C)(C)O)c1. The van der Waals surface area contributed by atoms with Crippen LogP contribution in [0.15, 0.2) is 60.0 Å². The summed E-state index contributed by atoms with van der Waals surface area (Å²) in [6.07, 6.45) is 4.11. The van der Waals surface area contributed by atoms with Crippen LogP contribution in [0.2, 0.25) is 0 Å². The molecular formula is C27H27N7O2. The average molecular weight is 482 g/mol. The molecule has 5 rings (SSSR count). The van der Waals surface area contributed by atoms with Crippen molar-refractivity contribution < 1.29 is 5.11 Å². The molecule has 0 spiro atoms. The van der Waals surface area contributed by atoms with Gasteiger partial charge in [-0.3, -0.25) is 4.79 Å². The number of benzene rings is 2. The number of hydrogen-bond acceptors (Lipinski definition) is 7. The van der Waals surface area contributed by atoms with E-state index in [2.05, 4.69) is 40.4 Å². The molecule has 0 aliphatic carbocycles. The van der Waals surface area contributed by atoms with Gasteiger partial charge in [0.05, 0.1) is 29.5 Å². The molecule has 3 heterocycles. The first-order chi connectivity index (χ1) is 17.3. The summed E-state index contributed by atoms with van der Waals surface area (Å²) in [6.45, 7) is 9.08. The molecule has 0 amide bonds. The normalized spacial score (nSPS) is 13.3. The smallest absolute Gasteiger partial charge is 0.278 e. The Bertz CT molecular complexity index is 1580. The molecule has 9 heteroatoms. The fourth-order valence-corrected chi connectivity index (χ4v) is 4.59. The van der Waals surface area contributed by atoms with Crippen LogP contribution in [0.5, 0.6) is 0 Å². The molecule has 182 valence electrons. The number of allylic oxidation sites excluding steroid dienone is 1. The van der Waals surface area contributed by atoms with Crippen LogP contribution in [0.4, 0.5) is 11.6 Å². The lowest BCUT2D eigenvalue weighted by molar-refractivity contribution is 0.0783. The summed E-state index contributed by atoms with van der Waals surface area (Å²) in [7, 11) is 0. The standard InChI is InChI=1S/C27H27N7O2/c1-4-11-33-25(35)22-16-30-26(31-20-7-5-19-15-29-10-9-17(19)12-20)32-24(22)34(33)21-8-6-18(14-28)23(13-21)27(2,3)36/h4-8,12-13,16,29,36H,1,9-11,15H2,2-3H3,(H,30,31,32). The van der Waals surface area contributed by atoms with Crippen LogP contribution in [0, 0.1) is 11.3 Å². The van der Waals surface area contributed by atoms with Crippen molar-refractivity contribution in [1.82, 2.24) is 24.6 Å². The number of nitrogens with zero attached hydrogens (tertiary/aromatic N) is 5. The molecule has 3 N–H and O–H groups in total. The predicted molar refractivity (Wildman–Crippen MR) is 138 cm³/mol. The Morgan fingerprint density at radius 1 is 1.28 bits per heavy atom. The first kappa shape index (κ1) is 23.5. The highest BCUT2D eigenvalue weighted by molar-refractivity contribution is 5.77. The minimum absolute atomic E-state index is 0.245. The van der Waals surface area contributed by atoms with Crippen LogP contribution in [-0.4, -0.2) is 31.0 Å². The average Bonchev–Trinajstić information content (AvgIpc) is 3.14. The lowest BCUT2D eigenvalue weighted by Gasteiger charge is -2.21. The topological polar surface area (TPSA) is 121 Å². The van der Waals surface area contributed by atoms with Crippen molar-refractivity contribution in [2.24, 2.45) is 0 Å². The maximum Gasteiger partial charge on any atom is 0.278 e. The second kappa shape index (κ2) is 9.07. The third-order valence-corrected chi connectivity index (χ3v) is 6.35. The van der Waals surface area contributed by atoms with Crippen LogP contribution in [0.1, 0.15) is 36.1 Å². The molecular weight excluding hydrogens is 454 g/mol. The lowest BCUT2D eigenvalue weighted by Crippen LogP contribution is -2.23. The van der Waals surface area contributed by atoms with E-state index >= 15 is 0 Å². The molecule has 0 unspecified atom stereocenters. The predicted octanol–water partition coefficient (Wildman–Crippen LogP) is 3.26. The molecule has 1 aliphatic rings. The monoisotopic (exact) mass is 481 g/mol. The largest absolute Gasteiger partial charge is 0.386 e. The van der Waals surface area contributed by atoms with Gasteiger partial charge in [0.25, 0.3) is 5.56 Å². The third kappa shape index (κ3) is 4.17. The number of fused-ring (bicyclic) bond motifs is 2. The summed E-state index contributed by atoms with van der Waals surface area (Å²) in [5.74, 6) is 0.359. The van der Waals surface area contributed by atoms with Crippen LogP contribution in [0.25, 0.3) is 16.7 Å².